The molecule has 0 amide bonds. The van der Waals surface area contributed by atoms with Crippen LogP contribution >= 0.6 is 11.6 Å². The van der Waals surface area contributed by atoms with Crippen LogP contribution in [0.25, 0.3) is 5.57 Å². The molecule has 6 heteroatoms. The van der Waals surface area contributed by atoms with E-state index in [0.29, 0.717) is 16.7 Å². The van der Waals surface area contributed by atoms with Crippen LogP contribution in [0.4, 0.5) is 5.69 Å². The maximum absolute atomic E-state index is 6.01. The molecule has 0 saturated carbocycles. The van der Waals surface area contributed by atoms with Crippen LogP contribution in [0.3, 0.4) is 0 Å². The second-order valence-electron chi connectivity index (χ2n) is 5.04. The summed E-state index contributed by atoms with van der Waals surface area (Å²) in [6.07, 6.45) is 7.06. The molecule has 0 spiro atoms. The topological polar surface area (TPSA) is 66.5 Å². The molecule has 0 fully saturated rings. The highest BCUT2D eigenvalue weighted by molar-refractivity contribution is 6.31. The van der Waals surface area contributed by atoms with Gasteiger partial charge in [0, 0.05) is 34.9 Å². The normalized spacial score (nSPS) is 16.1. The summed E-state index contributed by atoms with van der Waals surface area (Å²) in [4.78, 5) is 8.63. The minimum atomic E-state index is 0.666. The minimum absolute atomic E-state index is 0.666. The number of benzene rings is 1. The molecular weight excluding hydrogens is 310 g/mol. The van der Waals surface area contributed by atoms with Gasteiger partial charge in [0.1, 0.15) is 5.84 Å². The molecule has 3 rings (SSSR count). The lowest BCUT2D eigenvalue weighted by Gasteiger charge is -2.22. The summed E-state index contributed by atoms with van der Waals surface area (Å²) in [6, 6.07) is 11.3. The van der Waals surface area contributed by atoms with Crippen molar-refractivity contribution in [2.24, 2.45) is 10.8 Å². The van der Waals surface area contributed by atoms with E-state index in [4.69, 9.17) is 17.4 Å². The fraction of sp³-hybridized carbons (Fsp3) is 0.0588. The number of halogens is 1. The molecule has 1 aliphatic rings. The number of aliphatic imine (C=N–C) groups is 1. The molecule has 1 aliphatic heterocycles. The van der Waals surface area contributed by atoms with Crippen molar-refractivity contribution in [2.45, 2.75) is 6.92 Å². The van der Waals surface area contributed by atoms with Gasteiger partial charge in [-0.15, -0.1) is 0 Å². The van der Waals surface area contributed by atoms with E-state index in [0.717, 1.165) is 16.8 Å². The fourth-order valence-electron chi connectivity index (χ4n) is 2.22. The van der Waals surface area contributed by atoms with E-state index >= 15 is 0 Å². The molecule has 0 bridgehead atoms. The monoisotopic (exact) mass is 325 g/mol. The van der Waals surface area contributed by atoms with Gasteiger partial charge in [-0.1, -0.05) is 17.7 Å². The van der Waals surface area contributed by atoms with Crippen molar-refractivity contribution >= 4 is 28.7 Å². The third kappa shape index (κ3) is 3.59. The van der Waals surface area contributed by atoms with Crippen LogP contribution in [-0.2, 0) is 0 Å². The molecule has 0 radical (unpaired) electrons. The number of amidine groups is 1. The van der Waals surface area contributed by atoms with E-state index in [9.17, 15) is 0 Å². The molecule has 0 saturated heterocycles. The van der Waals surface area contributed by atoms with Crippen molar-refractivity contribution in [1.29, 1.82) is 0 Å². The molecule has 0 unspecified atom stereocenters. The largest absolute Gasteiger partial charge is 0.340 e. The summed E-state index contributed by atoms with van der Waals surface area (Å²) in [5.41, 5.74) is 2.85. The molecule has 2 aromatic rings. The Kier molecular flexibility index (Phi) is 4.41. The first-order chi connectivity index (χ1) is 11.1. The summed E-state index contributed by atoms with van der Waals surface area (Å²) >= 11 is 6.00. The number of aromatic nitrogens is 1. The summed E-state index contributed by atoms with van der Waals surface area (Å²) < 4.78 is 0. The zero-order chi connectivity index (χ0) is 16.2. The van der Waals surface area contributed by atoms with Gasteiger partial charge in [-0.2, -0.15) is 0 Å². The van der Waals surface area contributed by atoms with Crippen molar-refractivity contribution in [3.63, 3.8) is 0 Å². The van der Waals surface area contributed by atoms with Gasteiger partial charge in [0.15, 0.2) is 5.82 Å². The molecule has 23 heavy (non-hydrogen) atoms. The SMILES string of the molecule is C/C(=C1/N=C(Nc2cccc(Cl)c2)C=CN1N)c1ccncc1. The van der Waals surface area contributed by atoms with Crippen molar-refractivity contribution in [1.82, 2.24) is 9.99 Å². The lowest BCUT2D eigenvalue weighted by Crippen LogP contribution is -2.29. The van der Waals surface area contributed by atoms with Gasteiger partial charge in [-0.3, -0.25) is 9.99 Å². The molecule has 0 atom stereocenters. The summed E-state index contributed by atoms with van der Waals surface area (Å²) in [6.45, 7) is 1.98. The predicted molar refractivity (Wildman–Crippen MR) is 94.5 cm³/mol. The van der Waals surface area contributed by atoms with Crippen LogP contribution in [0.15, 0.2) is 71.9 Å². The van der Waals surface area contributed by atoms with Crippen molar-refractivity contribution in [3.8, 4) is 0 Å². The molecule has 5 nitrogen and oxygen atoms in total. The van der Waals surface area contributed by atoms with Crippen LogP contribution in [0, 0.1) is 0 Å². The Morgan fingerprint density at radius 3 is 2.74 bits per heavy atom. The first-order valence-electron chi connectivity index (χ1n) is 7.08. The zero-order valence-corrected chi connectivity index (χ0v) is 13.3. The number of nitrogens with one attached hydrogen (secondary N) is 1. The van der Waals surface area contributed by atoms with E-state index in [2.05, 4.69) is 15.3 Å². The molecule has 1 aromatic heterocycles. The lowest BCUT2D eigenvalue weighted by molar-refractivity contribution is 0.485. The Hall–Kier alpha value is -2.63. The van der Waals surface area contributed by atoms with Crippen LogP contribution in [0.2, 0.25) is 5.02 Å². The second-order valence-corrected chi connectivity index (χ2v) is 5.48. The van der Waals surface area contributed by atoms with Crippen LogP contribution < -0.4 is 11.2 Å². The predicted octanol–water partition coefficient (Wildman–Crippen LogP) is 3.64. The molecule has 116 valence electrons. The maximum atomic E-state index is 6.01. The number of allylic oxidation sites excluding steroid dienone is 1. The number of rotatable bonds is 2. The molecular formula is C17H16ClN5. The third-order valence-electron chi connectivity index (χ3n) is 3.41. The average Bonchev–Trinajstić information content (AvgIpc) is 2.57. The maximum Gasteiger partial charge on any atom is 0.152 e. The molecule has 0 aliphatic carbocycles. The quantitative estimate of drug-likeness (QED) is 0.827. The number of hydrogen-bond donors (Lipinski definition) is 2. The van der Waals surface area contributed by atoms with Gasteiger partial charge in [-0.05, 0) is 48.9 Å². The highest BCUT2D eigenvalue weighted by Crippen LogP contribution is 2.23. The van der Waals surface area contributed by atoms with Gasteiger partial charge in [0.25, 0.3) is 0 Å². The Labute approximate surface area is 139 Å². The highest BCUT2D eigenvalue weighted by atomic mass is 35.5. The van der Waals surface area contributed by atoms with E-state index in [-0.39, 0.29) is 0 Å². The molecule has 3 N–H and O–H groups in total. The first-order valence-corrected chi connectivity index (χ1v) is 7.46. The Morgan fingerprint density at radius 2 is 2.00 bits per heavy atom. The fourth-order valence-corrected chi connectivity index (χ4v) is 2.41. The standard InChI is InChI=1S/C17H16ClN5/c1-12(13-5-8-20-9-6-13)17-22-16(7-10-23(17)19)21-15-4-2-3-14(18)11-15/h2-11H,19H2,1H3,(H,21,22)/b17-12+. The van der Waals surface area contributed by atoms with Gasteiger partial charge in [0.2, 0.25) is 0 Å². The first kappa shape index (κ1) is 15.3. The van der Waals surface area contributed by atoms with Gasteiger partial charge in [0.05, 0.1) is 0 Å². The van der Waals surface area contributed by atoms with E-state index in [1.54, 1.807) is 18.6 Å². The van der Waals surface area contributed by atoms with Crippen LogP contribution in [0.5, 0.6) is 0 Å². The highest BCUT2D eigenvalue weighted by Gasteiger charge is 2.13. The smallest absolute Gasteiger partial charge is 0.152 e. The number of pyridine rings is 1. The Morgan fingerprint density at radius 1 is 1.22 bits per heavy atom. The zero-order valence-electron chi connectivity index (χ0n) is 12.6. The van der Waals surface area contributed by atoms with Crippen molar-refractivity contribution in [3.05, 3.63) is 77.5 Å². The molecule has 1 aromatic carbocycles. The van der Waals surface area contributed by atoms with Crippen LogP contribution in [0.1, 0.15) is 12.5 Å². The second kappa shape index (κ2) is 6.64. The Bertz CT molecular complexity index is 796. The number of hydrazine groups is 1. The van der Waals surface area contributed by atoms with Gasteiger partial charge < -0.3 is 5.32 Å². The third-order valence-corrected chi connectivity index (χ3v) is 3.64. The van der Waals surface area contributed by atoms with E-state index in [1.807, 2.05) is 49.4 Å². The minimum Gasteiger partial charge on any atom is -0.340 e. The van der Waals surface area contributed by atoms with Gasteiger partial charge >= 0.3 is 0 Å². The summed E-state index contributed by atoms with van der Waals surface area (Å²) in [5.74, 6) is 7.38. The summed E-state index contributed by atoms with van der Waals surface area (Å²) in [5, 5.41) is 5.39. The summed E-state index contributed by atoms with van der Waals surface area (Å²) in [7, 11) is 0. The Balaban J connectivity index is 1.92. The van der Waals surface area contributed by atoms with Gasteiger partial charge in [-0.25, -0.2) is 10.8 Å². The van der Waals surface area contributed by atoms with E-state index < -0.39 is 0 Å². The average molecular weight is 326 g/mol. The van der Waals surface area contributed by atoms with E-state index in [1.165, 1.54) is 5.01 Å². The van der Waals surface area contributed by atoms with Crippen LogP contribution in [-0.4, -0.2) is 15.8 Å². The number of hydrogen-bond acceptors (Lipinski definition) is 5. The number of nitrogens with zero attached hydrogens (tertiary/aromatic N) is 3. The number of anilines is 1. The lowest BCUT2D eigenvalue weighted by atomic mass is 10.1. The molecule has 2 heterocycles. The van der Waals surface area contributed by atoms with Crippen molar-refractivity contribution in [2.75, 3.05) is 5.32 Å². The van der Waals surface area contributed by atoms with Crippen molar-refractivity contribution < 1.29 is 0 Å². The number of nitrogens with two attached hydrogens (primary N) is 1.